The first-order valence-electron chi connectivity index (χ1n) is 9.04. The molecule has 2 aromatic carbocycles. The quantitative estimate of drug-likeness (QED) is 0.631. The summed E-state index contributed by atoms with van der Waals surface area (Å²) in [6.45, 7) is 0.970. The van der Waals surface area contributed by atoms with E-state index in [0.717, 1.165) is 5.56 Å². The lowest BCUT2D eigenvalue weighted by Gasteiger charge is -2.12. The molecule has 0 aliphatic rings. The maximum atomic E-state index is 12.0. The number of allylic oxidation sites excluding steroid dienone is 1. The standard InChI is InChI=1S/C22H23NO7/c1-4-7-15-10-11-18(19(12-15)27-2)29-14-21(25)30-13-20(24)23-17-9-6-5-8-16(17)22(26)28-3/h4-12H,13-14H2,1-3H3,(H,23,24)/b7-4+. The molecule has 0 fully saturated rings. The lowest BCUT2D eigenvalue weighted by Crippen LogP contribution is -2.24. The van der Waals surface area contributed by atoms with Crippen LogP contribution in [0, 0.1) is 0 Å². The van der Waals surface area contributed by atoms with Gasteiger partial charge in [0.15, 0.2) is 24.7 Å². The molecule has 0 atom stereocenters. The highest BCUT2D eigenvalue weighted by Gasteiger charge is 2.15. The van der Waals surface area contributed by atoms with Crippen LogP contribution in [0.4, 0.5) is 5.69 Å². The summed E-state index contributed by atoms with van der Waals surface area (Å²) in [6, 6.07) is 11.6. The molecule has 0 aromatic heterocycles. The Balaban J connectivity index is 1.87. The zero-order valence-electron chi connectivity index (χ0n) is 17.0. The van der Waals surface area contributed by atoms with E-state index in [-0.39, 0.29) is 11.3 Å². The summed E-state index contributed by atoms with van der Waals surface area (Å²) < 4.78 is 20.3. The Hall–Kier alpha value is -3.81. The molecule has 0 heterocycles. The summed E-state index contributed by atoms with van der Waals surface area (Å²) in [5.74, 6) is -1.08. The molecule has 2 rings (SSSR count). The van der Waals surface area contributed by atoms with Gasteiger partial charge in [-0.05, 0) is 36.8 Å². The van der Waals surface area contributed by atoms with Crippen molar-refractivity contribution in [2.45, 2.75) is 6.92 Å². The molecule has 8 nitrogen and oxygen atoms in total. The summed E-state index contributed by atoms with van der Waals surface area (Å²) in [7, 11) is 2.74. The van der Waals surface area contributed by atoms with Crippen LogP contribution >= 0.6 is 0 Å². The first kappa shape index (κ1) is 22.5. The van der Waals surface area contributed by atoms with Gasteiger partial charge < -0.3 is 24.3 Å². The molecule has 0 radical (unpaired) electrons. The van der Waals surface area contributed by atoms with Crippen molar-refractivity contribution in [1.82, 2.24) is 0 Å². The lowest BCUT2D eigenvalue weighted by molar-refractivity contribution is -0.149. The van der Waals surface area contributed by atoms with Crippen LogP contribution in [-0.2, 0) is 19.1 Å². The molecule has 1 N–H and O–H groups in total. The molecular formula is C22H23NO7. The Kier molecular flexibility index (Phi) is 8.43. The summed E-state index contributed by atoms with van der Waals surface area (Å²) in [5, 5.41) is 2.51. The first-order chi connectivity index (χ1) is 14.5. The molecule has 0 spiro atoms. The maximum absolute atomic E-state index is 12.0. The second-order valence-electron chi connectivity index (χ2n) is 5.94. The fraction of sp³-hybridized carbons (Fsp3) is 0.227. The van der Waals surface area contributed by atoms with Crippen molar-refractivity contribution in [1.29, 1.82) is 0 Å². The van der Waals surface area contributed by atoms with Crippen LogP contribution in [0.15, 0.2) is 48.5 Å². The number of anilines is 1. The topological polar surface area (TPSA) is 100 Å². The van der Waals surface area contributed by atoms with E-state index in [9.17, 15) is 14.4 Å². The molecule has 0 unspecified atom stereocenters. The van der Waals surface area contributed by atoms with Gasteiger partial charge in [0.05, 0.1) is 25.5 Å². The molecule has 30 heavy (non-hydrogen) atoms. The molecule has 0 saturated carbocycles. The van der Waals surface area contributed by atoms with Gasteiger partial charge in [0, 0.05) is 0 Å². The van der Waals surface area contributed by atoms with Gasteiger partial charge in [-0.25, -0.2) is 9.59 Å². The average molecular weight is 413 g/mol. The fourth-order valence-electron chi connectivity index (χ4n) is 2.49. The fourth-order valence-corrected chi connectivity index (χ4v) is 2.49. The SMILES string of the molecule is C/C=C/c1ccc(OCC(=O)OCC(=O)Nc2ccccc2C(=O)OC)c(OC)c1. The van der Waals surface area contributed by atoms with Crippen LogP contribution < -0.4 is 14.8 Å². The molecular weight excluding hydrogens is 390 g/mol. The highest BCUT2D eigenvalue weighted by Crippen LogP contribution is 2.28. The molecule has 2 aromatic rings. The third-order valence-corrected chi connectivity index (χ3v) is 3.86. The molecule has 1 amide bonds. The van der Waals surface area contributed by atoms with Gasteiger partial charge in [0.25, 0.3) is 5.91 Å². The van der Waals surface area contributed by atoms with E-state index in [0.29, 0.717) is 11.5 Å². The minimum atomic E-state index is -0.731. The highest BCUT2D eigenvalue weighted by atomic mass is 16.6. The van der Waals surface area contributed by atoms with E-state index in [1.54, 1.807) is 30.3 Å². The van der Waals surface area contributed by atoms with Crippen LogP contribution in [0.3, 0.4) is 0 Å². The van der Waals surface area contributed by atoms with Crippen molar-refractivity contribution in [2.75, 3.05) is 32.8 Å². The predicted molar refractivity (Wildman–Crippen MR) is 111 cm³/mol. The Labute approximate surface area is 174 Å². The number of hydrogen-bond acceptors (Lipinski definition) is 7. The second kappa shape index (κ2) is 11.3. The predicted octanol–water partition coefficient (Wildman–Crippen LogP) is 3.08. The summed E-state index contributed by atoms with van der Waals surface area (Å²) in [4.78, 5) is 35.7. The number of esters is 2. The number of nitrogens with one attached hydrogen (secondary N) is 1. The minimum absolute atomic E-state index is 0.191. The third-order valence-electron chi connectivity index (χ3n) is 3.86. The average Bonchev–Trinajstić information content (AvgIpc) is 2.76. The van der Waals surface area contributed by atoms with Crippen molar-refractivity contribution in [3.8, 4) is 11.5 Å². The number of methoxy groups -OCH3 is 2. The van der Waals surface area contributed by atoms with Crippen LogP contribution in [0.2, 0.25) is 0 Å². The monoisotopic (exact) mass is 413 g/mol. The molecule has 0 bridgehead atoms. The zero-order valence-corrected chi connectivity index (χ0v) is 17.0. The zero-order chi connectivity index (χ0) is 21.9. The normalized spacial score (nSPS) is 10.4. The lowest BCUT2D eigenvalue weighted by atomic mass is 10.2. The van der Waals surface area contributed by atoms with Gasteiger partial charge in [-0.1, -0.05) is 30.4 Å². The Morgan fingerprint density at radius 3 is 2.47 bits per heavy atom. The molecule has 158 valence electrons. The Morgan fingerprint density at radius 2 is 1.77 bits per heavy atom. The van der Waals surface area contributed by atoms with Crippen molar-refractivity contribution >= 4 is 29.6 Å². The number of para-hydroxylation sites is 1. The number of carbonyl (C=O) groups excluding carboxylic acids is 3. The molecule has 0 aliphatic heterocycles. The first-order valence-corrected chi connectivity index (χ1v) is 9.04. The van der Waals surface area contributed by atoms with E-state index in [1.165, 1.54) is 20.3 Å². The van der Waals surface area contributed by atoms with Crippen LogP contribution in [0.25, 0.3) is 6.08 Å². The van der Waals surface area contributed by atoms with E-state index >= 15 is 0 Å². The molecule has 0 aliphatic carbocycles. The van der Waals surface area contributed by atoms with E-state index in [1.807, 2.05) is 25.1 Å². The smallest absolute Gasteiger partial charge is 0.344 e. The Morgan fingerprint density at radius 1 is 1.00 bits per heavy atom. The van der Waals surface area contributed by atoms with Crippen LogP contribution in [0.1, 0.15) is 22.8 Å². The van der Waals surface area contributed by atoms with Gasteiger partial charge in [-0.2, -0.15) is 0 Å². The van der Waals surface area contributed by atoms with E-state index < -0.39 is 31.1 Å². The molecule has 8 heteroatoms. The number of carbonyl (C=O) groups is 3. The maximum Gasteiger partial charge on any atom is 0.344 e. The second-order valence-corrected chi connectivity index (χ2v) is 5.94. The van der Waals surface area contributed by atoms with Gasteiger partial charge in [-0.3, -0.25) is 4.79 Å². The minimum Gasteiger partial charge on any atom is -0.493 e. The number of benzene rings is 2. The van der Waals surface area contributed by atoms with Gasteiger partial charge in [0.1, 0.15) is 0 Å². The molecule has 0 saturated heterocycles. The van der Waals surface area contributed by atoms with Crippen molar-refractivity contribution in [3.05, 3.63) is 59.7 Å². The number of rotatable bonds is 9. The largest absolute Gasteiger partial charge is 0.493 e. The van der Waals surface area contributed by atoms with E-state index in [2.05, 4.69) is 10.1 Å². The van der Waals surface area contributed by atoms with Gasteiger partial charge in [0.2, 0.25) is 0 Å². The van der Waals surface area contributed by atoms with Crippen molar-refractivity contribution < 1.29 is 33.3 Å². The van der Waals surface area contributed by atoms with Gasteiger partial charge >= 0.3 is 11.9 Å². The van der Waals surface area contributed by atoms with Crippen LogP contribution in [-0.4, -0.2) is 45.3 Å². The van der Waals surface area contributed by atoms with Crippen LogP contribution in [0.5, 0.6) is 11.5 Å². The highest BCUT2D eigenvalue weighted by molar-refractivity contribution is 6.01. The number of amides is 1. The Bertz CT molecular complexity index is 937. The summed E-state index contributed by atoms with van der Waals surface area (Å²) in [5.41, 5.74) is 1.37. The summed E-state index contributed by atoms with van der Waals surface area (Å²) >= 11 is 0. The summed E-state index contributed by atoms with van der Waals surface area (Å²) in [6.07, 6.45) is 3.79. The number of hydrogen-bond donors (Lipinski definition) is 1. The van der Waals surface area contributed by atoms with Crippen molar-refractivity contribution in [2.24, 2.45) is 0 Å². The third kappa shape index (κ3) is 6.37. The van der Waals surface area contributed by atoms with Gasteiger partial charge in [-0.15, -0.1) is 0 Å². The van der Waals surface area contributed by atoms with E-state index in [4.69, 9.17) is 14.2 Å². The number of ether oxygens (including phenoxy) is 4. The van der Waals surface area contributed by atoms with Crippen molar-refractivity contribution in [3.63, 3.8) is 0 Å².